The second kappa shape index (κ2) is 7.47. The average molecular weight is 454 g/mol. The fourth-order valence-electron chi connectivity index (χ4n) is 3.74. The van der Waals surface area contributed by atoms with Crippen LogP contribution in [0.4, 0.5) is 0 Å². The van der Waals surface area contributed by atoms with Gasteiger partial charge in [-0.15, -0.1) is 0 Å². The van der Waals surface area contributed by atoms with Gasteiger partial charge in [-0.1, -0.05) is 0 Å². The first-order valence-corrected chi connectivity index (χ1v) is 13.7. The van der Waals surface area contributed by atoms with Crippen LogP contribution in [0.25, 0.3) is 0 Å². The SMILES string of the molecule is COc1ccc(S(=O)(=O)N([C@H]2CCS(=O)(=O)C2)[C@H]2CCS(=O)(=O)C2)c(OC)c1. The zero-order valence-corrected chi connectivity index (χ0v) is 18.0. The van der Waals surface area contributed by atoms with Gasteiger partial charge in [-0.3, -0.25) is 0 Å². The molecule has 0 aliphatic carbocycles. The van der Waals surface area contributed by atoms with E-state index in [4.69, 9.17) is 9.47 Å². The molecule has 158 valence electrons. The molecule has 0 spiro atoms. The van der Waals surface area contributed by atoms with E-state index in [0.29, 0.717) is 5.75 Å². The van der Waals surface area contributed by atoms with E-state index in [-0.39, 0.29) is 46.5 Å². The Kier molecular flexibility index (Phi) is 5.69. The molecular formula is C16H23NO8S3. The summed E-state index contributed by atoms with van der Waals surface area (Å²) in [6.45, 7) is 0. The van der Waals surface area contributed by atoms with E-state index in [1.54, 1.807) is 0 Å². The summed E-state index contributed by atoms with van der Waals surface area (Å²) in [4.78, 5) is -0.149. The summed E-state index contributed by atoms with van der Waals surface area (Å²) in [6, 6.07) is 2.60. The molecule has 2 saturated heterocycles. The zero-order chi connectivity index (χ0) is 20.7. The highest BCUT2D eigenvalue weighted by atomic mass is 32.2. The predicted octanol–water partition coefficient (Wildman–Crippen LogP) is 0.0687. The highest BCUT2D eigenvalue weighted by Gasteiger charge is 2.46. The first kappa shape index (κ1) is 21.3. The first-order chi connectivity index (χ1) is 13.0. The molecule has 2 aliphatic heterocycles. The molecule has 0 aromatic heterocycles. The van der Waals surface area contributed by atoms with E-state index >= 15 is 0 Å². The van der Waals surface area contributed by atoms with Crippen LogP contribution in [0.2, 0.25) is 0 Å². The van der Waals surface area contributed by atoms with Crippen LogP contribution in [0, 0.1) is 0 Å². The molecule has 0 saturated carbocycles. The minimum Gasteiger partial charge on any atom is -0.497 e. The number of ether oxygens (including phenoxy) is 2. The summed E-state index contributed by atoms with van der Waals surface area (Å²) in [5.74, 6) is -0.436. The van der Waals surface area contributed by atoms with Gasteiger partial charge in [-0.05, 0) is 25.0 Å². The predicted molar refractivity (Wildman–Crippen MR) is 103 cm³/mol. The smallest absolute Gasteiger partial charge is 0.247 e. The van der Waals surface area contributed by atoms with E-state index in [9.17, 15) is 25.3 Å². The van der Waals surface area contributed by atoms with Crippen molar-refractivity contribution in [2.24, 2.45) is 0 Å². The molecule has 12 heteroatoms. The maximum absolute atomic E-state index is 13.5. The molecule has 0 bridgehead atoms. The van der Waals surface area contributed by atoms with E-state index < -0.39 is 41.8 Å². The lowest BCUT2D eigenvalue weighted by Crippen LogP contribution is -2.48. The third-order valence-corrected chi connectivity index (χ3v) is 10.6. The Morgan fingerprint density at radius 1 is 0.929 bits per heavy atom. The Labute approximate surface area is 165 Å². The Bertz CT molecular complexity index is 1020. The van der Waals surface area contributed by atoms with Gasteiger partial charge in [0, 0.05) is 18.2 Å². The zero-order valence-electron chi connectivity index (χ0n) is 15.6. The minimum atomic E-state index is -4.21. The lowest BCUT2D eigenvalue weighted by molar-refractivity contribution is 0.279. The van der Waals surface area contributed by atoms with Gasteiger partial charge in [0.15, 0.2) is 19.7 Å². The second-order valence-electron chi connectivity index (χ2n) is 6.97. The normalized spacial score (nSPS) is 26.4. The van der Waals surface area contributed by atoms with Crippen molar-refractivity contribution in [1.29, 1.82) is 0 Å². The van der Waals surface area contributed by atoms with Gasteiger partial charge in [0.2, 0.25) is 10.0 Å². The number of sulfonamides is 1. The quantitative estimate of drug-likeness (QED) is 0.593. The van der Waals surface area contributed by atoms with Crippen molar-refractivity contribution in [3.8, 4) is 11.5 Å². The van der Waals surface area contributed by atoms with E-state index in [0.717, 1.165) is 4.31 Å². The fourth-order valence-corrected chi connectivity index (χ4v) is 9.36. The van der Waals surface area contributed by atoms with Crippen molar-refractivity contribution >= 4 is 29.7 Å². The summed E-state index contributed by atoms with van der Waals surface area (Å²) in [5.41, 5.74) is 0. The van der Waals surface area contributed by atoms with Gasteiger partial charge in [0.1, 0.15) is 16.4 Å². The third-order valence-electron chi connectivity index (χ3n) is 5.06. The number of sulfone groups is 2. The molecule has 1 aromatic carbocycles. The molecule has 0 amide bonds. The van der Waals surface area contributed by atoms with Gasteiger partial charge in [-0.2, -0.15) is 4.31 Å². The summed E-state index contributed by atoms with van der Waals surface area (Å²) < 4.78 is 86.3. The molecule has 2 fully saturated rings. The number of hydrogen-bond acceptors (Lipinski definition) is 8. The van der Waals surface area contributed by atoms with Crippen LogP contribution in [-0.4, -0.2) is 78.9 Å². The van der Waals surface area contributed by atoms with Crippen molar-refractivity contribution in [1.82, 2.24) is 4.31 Å². The Morgan fingerprint density at radius 3 is 1.86 bits per heavy atom. The molecule has 0 N–H and O–H groups in total. The topological polar surface area (TPSA) is 124 Å². The molecule has 28 heavy (non-hydrogen) atoms. The second-order valence-corrected chi connectivity index (χ2v) is 13.2. The molecule has 1 aromatic rings. The Balaban J connectivity index is 2.09. The van der Waals surface area contributed by atoms with Crippen LogP contribution < -0.4 is 9.47 Å². The summed E-state index contributed by atoms with van der Waals surface area (Å²) in [7, 11) is -8.21. The van der Waals surface area contributed by atoms with Gasteiger partial charge >= 0.3 is 0 Å². The molecule has 2 heterocycles. The van der Waals surface area contributed by atoms with Crippen LogP contribution in [0.15, 0.2) is 23.1 Å². The van der Waals surface area contributed by atoms with Crippen LogP contribution in [-0.2, 0) is 29.7 Å². The van der Waals surface area contributed by atoms with Crippen molar-refractivity contribution in [2.75, 3.05) is 37.2 Å². The standard InChI is InChI=1S/C16H23NO8S3/c1-24-14-3-4-16(15(9-14)25-2)28(22,23)17(12-5-7-26(18,19)10-12)13-6-8-27(20,21)11-13/h3-4,9,12-13H,5-8,10-11H2,1-2H3/t12-,13-/m0/s1. The Hall–Kier alpha value is -1.37. The number of methoxy groups -OCH3 is 2. The number of hydrogen-bond donors (Lipinski definition) is 0. The van der Waals surface area contributed by atoms with Crippen molar-refractivity contribution < 1.29 is 34.7 Å². The molecule has 9 nitrogen and oxygen atoms in total. The largest absolute Gasteiger partial charge is 0.497 e. The van der Waals surface area contributed by atoms with E-state index in [1.807, 2.05) is 0 Å². The van der Waals surface area contributed by atoms with Crippen LogP contribution >= 0.6 is 0 Å². The number of nitrogens with zero attached hydrogens (tertiary/aromatic N) is 1. The van der Waals surface area contributed by atoms with Gasteiger partial charge in [0.25, 0.3) is 0 Å². The maximum atomic E-state index is 13.5. The summed E-state index contributed by atoms with van der Waals surface area (Å²) in [5, 5.41) is 0. The van der Waals surface area contributed by atoms with Crippen LogP contribution in [0.1, 0.15) is 12.8 Å². The Morgan fingerprint density at radius 2 is 1.46 bits per heavy atom. The minimum absolute atomic E-state index is 0.0473. The van der Waals surface area contributed by atoms with E-state index in [1.165, 1.54) is 32.4 Å². The lowest BCUT2D eigenvalue weighted by atomic mass is 10.2. The van der Waals surface area contributed by atoms with Crippen molar-refractivity contribution in [2.45, 2.75) is 29.8 Å². The number of benzene rings is 1. The molecule has 2 aliphatic rings. The highest BCUT2D eigenvalue weighted by Crippen LogP contribution is 2.36. The van der Waals surface area contributed by atoms with Crippen molar-refractivity contribution in [3.05, 3.63) is 18.2 Å². The van der Waals surface area contributed by atoms with Crippen molar-refractivity contribution in [3.63, 3.8) is 0 Å². The van der Waals surface area contributed by atoms with Crippen LogP contribution in [0.3, 0.4) is 0 Å². The van der Waals surface area contributed by atoms with Gasteiger partial charge in [0.05, 0.1) is 37.2 Å². The lowest BCUT2D eigenvalue weighted by Gasteiger charge is -2.32. The van der Waals surface area contributed by atoms with Crippen LogP contribution in [0.5, 0.6) is 11.5 Å². The average Bonchev–Trinajstić information content (AvgIpc) is 3.15. The molecule has 0 radical (unpaired) electrons. The molecule has 3 rings (SSSR count). The maximum Gasteiger partial charge on any atom is 0.247 e. The van der Waals surface area contributed by atoms with E-state index in [2.05, 4.69) is 0 Å². The third kappa shape index (κ3) is 4.14. The molecule has 0 unspecified atom stereocenters. The molecular weight excluding hydrogens is 430 g/mol. The fraction of sp³-hybridized carbons (Fsp3) is 0.625. The monoisotopic (exact) mass is 453 g/mol. The first-order valence-electron chi connectivity index (χ1n) is 8.65. The summed E-state index contributed by atoms with van der Waals surface area (Å²) in [6.07, 6.45) is 0.271. The highest BCUT2D eigenvalue weighted by molar-refractivity contribution is 7.92. The van der Waals surface area contributed by atoms with Gasteiger partial charge < -0.3 is 9.47 Å². The molecule has 2 atom stereocenters. The number of rotatable bonds is 6. The summed E-state index contributed by atoms with van der Waals surface area (Å²) >= 11 is 0. The van der Waals surface area contributed by atoms with Gasteiger partial charge in [-0.25, -0.2) is 25.3 Å².